The average Bonchev–Trinajstić information content (AvgIpc) is 3.05. The Bertz CT molecular complexity index is 706. The molecule has 0 bridgehead atoms. The van der Waals surface area contributed by atoms with Gasteiger partial charge in [0.15, 0.2) is 0 Å². The van der Waals surface area contributed by atoms with Crippen LogP contribution in [0.3, 0.4) is 0 Å². The van der Waals surface area contributed by atoms with Crippen molar-refractivity contribution in [3.63, 3.8) is 0 Å². The molecule has 0 aliphatic heterocycles. The molecule has 0 N–H and O–H groups in total. The van der Waals surface area contributed by atoms with Crippen molar-refractivity contribution in [2.24, 2.45) is 46.3 Å². The van der Waals surface area contributed by atoms with Crippen molar-refractivity contribution >= 4 is 5.97 Å². The van der Waals surface area contributed by atoms with Gasteiger partial charge in [-0.2, -0.15) is 0 Å². The summed E-state index contributed by atoms with van der Waals surface area (Å²) >= 11 is 0. The van der Waals surface area contributed by atoms with Crippen LogP contribution in [0.2, 0.25) is 0 Å². The summed E-state index contributed by atoms with van der Waals surface area (Å²) in [5.74, 6) is 5.19. The summed E-state index contributed by atoms with van der Waals surface area (Å²) in [4.78, 5) is 11.5. The van der Waals surface area contributed by atoms with Crippen LogP contribution >= 0.6 is 0 Å². The summed E-state index contributed by atoms with van der Waals surface area (Å²) in [6, 6.07) is 0. The van der Waals surface area contributed by atoms with E-state index >= 15 is 0 Å². The number of hydrogen-bond donors (Lipinski definition) is 0. The fraction of sp³-hybridized carbons (Fsp3) is 0.897. The van der Waals surface area contributed by atoms with Gasteiger partial charge in [-0.3, -0.25) is 4.79 Å². The molecular formula is C29H49LiO2. The minimum absolute atomic E-state index is 0. The van der Waals surface area contributed by atoms with Gasteiger partial charge in [-0.25, -0.2) is 0 Å². The maximum Gasteiger partial charge on any atom is 1.00 e. The van der Waals surface area contributed by atoms with Crippen molar-refractivity contribution < 1.29 is 29.8 Å². The number of allylic oxidation sites excluding steroid dienone is 1. The first-order valence-corrected chi connectivity index (χ1v) is 13.5. The second-order valence-electron chi connectivity index (χ2n) is 12.8. The van der Waals surface area contributed by atoms with Crippen molar-refractivity contribution in [1.82, 2.24) is 0 Å². The minimum atomic E-state index is -0.115. The molecule has 0 amide bonds. The Kier molecular flexibility index (Phi) is 8.42. The summed E-state index contributed by atoms with van der Waals surface area (Å²) in [5, 5.41) is 0. The Morgan fingerprint density at radius 1 is 1.09 bits per heavy atom. The maximum atomic E-state index is 11.5. The van der Waals surface area contributed by atoms with Crippen LogP contribution in [-0.4, -0.2) is 12.1 Å². The third kappa shape index (κ3) is 4.80. The van der Waals surface area contributed by atoms with E-state index in [1.165, 1.54) is 57.8 Å². The average molecular weight is 437 g/mol. The number of fused-ring (bicyclic) bond motifs is 5. The molecule has 3 fully saturated rings. The summed E-state index contributed by atoms with van der Waals surface area (Å²) < 4.78 is 5.61. The Balaban J connectivity index is 0.00000193. The molecule has 0 heterocycles. The molecule has 0 aromatic rings. The van der Waals surface area contributed by atoms with E-state index in [-0.39, 0.29) is 32.4 Å². The Morgan fingerprint density at radius 2 is 1.84 bits per heavy atom. The zero-order valence-corrected chi connectivity index (χ0v) is 22.2. The standard InChI is InChI=1S/C29H48O2.Li.H/c1-19(2)8-7-9-20(3)25-12-13-26-24-11-10-22-18-23(31-21(4)30)14-16-28(22,5)27(24)15-17-29(25,26)6;;/h10,19-20,23-27H,7-9,11-18H2,1-6H3;;/q;+1;-1/t20-,23+,24+,25-,26+,27+,28+,29-;;/m1../s1. The minimum Gasteiger partial charge on any atom is -1.00 e. The zero-order valence-electron chi connectivity index (χ0n) is 23.2. The van der Waals surface area contributed by atoms with Crippen LogP contribution in [0.5, 0.6) is 0 Å². The number of hydrogen-bond acceptors (Lipinski definition) is 2. The summed E-state index contributed by atoms with van der Waals surface area (Å²) in [6.07, 6.45) is 17.2. The summed E-state index contributed by atoms with van der Waals surface area (Å²) in [6.45, 7) is 14.1. The number of carbonyl (C=O) groups is 1. The largest absolute Gasteiger partial charge is 1.00 e. The smallest absolute Gasteiger partial charge is 1.00 e. The Labute approximate surface area is 211 Å². The first-order chi connectivity index (χ1) is 14.6. The van der Waals surface area contributed by atoms with Crippen molar-refractivity contribution in [3.8, 4) is 0 Å². The van der Waals surface area contributed by atoms with Gasteiger partial charge in [-0.15, -0.1) is 0 Å². The molecular weight excluding hydrogens is 387 g/mol. The summed E-state index contributed by atoms with van der Waals surface area (Å²) in [7, 11) is 0. The third-order valence-electron chi connectivity index (χ3n) is 10.6. The van der Waals surface area contributed by atoms with Crippen LogP contribution in [-0.2, 0) is 9.53 Å². The van der Waals surface area contributed by atoms with Gasteiger partial charge in [0.25, 0.3) is 0 Å². The van der Waals surface area contributed by atoms with E-state index in [0.717, 1.165) is 48.3 Å². The molecule has 178 valence electrons. The van der Waals surface area contributed by atoms with Crippen molar-refractivity contribution in [3.05, 3.63) is 11.6 Å². The van der Waals surface area contributed by atoms with Crippen molar-refractivity contribution in [2.45, 2.75) is 118 Å². The molecule has 4 rings (SSSR count). The Morgan fingerprint density at radius 3 is 2.53 bits per heavy atom. The molecule has 0 aromatic heterocycles. The van der Waals surface area contributed by atoms with Crippen LogP contribution < -0.4 is 18.9 Å². The van der Waals surface area contributed by atoms with E-state index in [2.05, 4.69) is 40.7 Å². The van der Waals surface area contributed by atoms with Gasteiger partial charge >= 0.3 is 24.8 Å². The van der Waals surface area contributed by atoms with E-state index in [0.29, 0.717) is 10.8 Å². The predicted molar refractivity (Wildman–Crippen MR) is 130 cm³/mol. The van der Waals surface area contributed by atoms with Crippen LogP contribution in [0, 0.1) is 46.3 Å². The molecule has 8 atom stereocenters. The first-order valence-electron chi connectivity index (χ1n) is 13.5. The van der Waals surface area contributed by atoms with Crippen LogP contribution in [0.15, 0.2) is 11.6 Å². The molecule has 0 saturated heterocycles. The van der Waals surface area contributed by atoms with Gasteiger partial charge in [0, 0.05) is 13.3 Å². The van der Waals surface area contributed by atoms with Crippen molar-refractivity contribution in [1.29, 1.82) is 0 Å². The fourth-order valence-electron chi connectivity index (χ4n) is 8.99. The molecule has 0 unspecified atom stereocenters. The number of ether oxygens (including phenoxy) is 1. The molecule has 0 aromatic carbocycles. The zero-order chi connectivity index (χ0) is 22.4. The molecule has 3 heteroatoms. The van der Waals surface area contributed by atoms with Crippen LogP contribution in [0.1, 0.15) is 114 Å². The van der Waals surface area contributed by atoms with Gasteiger partial charge < -0.3 is 6.16 Å². The predicted octanol–water partition coefficient (Wildman–Crippen LogP) is 5.08. The fourth-order valence-corrected chi connectivity index (χ4v) is 8.99. The monoisotopic (exact) mass is 436 g/mol. The first kappa shape index (κ1) is 26.4. The number of rotatable bonds is 6. The second-order valence-corrected chi connectivity index (χ2v) is 12.8. The van der Waals surface area contributed by atoms with E-state index in [9.17, 15) is 4.79 Å². The third-order valence-corrected chi connectivity index (χ3v) is 10.6. The van der Waals surface area contributed by atoms with Gasteiger partial charge in [-0.1, -0.05) is 65.5 Å². The SMILES string of the molecule is CC(=O)O[C@H]1CC[C@@]2(C)C(=CC[C@H]3[C@@H]4CC[C@H]([C@H](C)CCCC(C)C)[C@@]4(C)CC[C@@H]32)C1.[H-].[Li+]. The molecule has 3 saturated carbocycles. The normalized spacial score (nSPS) is 41.6. The number of carbonyl (C=O) groups excluding carboxylic acids is 1. The van der Waals surface area contributed by atoms with E-state index in [1.807, 2.05) is 0 Å². The maximum absolute atomic E-state index is 11.5. The molecule has 32 heavy (non-hydrogen) atoms. The molecule has 0 radical (unpaired) electrons. The Hall–Kier alpha value is -0.193. The van der Waals surface area contributed by atoms with Gasteiger partial charge in [0.1, 0.15) is 6.10 Å². The van der Waals surface area contributed by atoms with Gasteiger partial charge in [0.2, 0.25) is 0 Å². The van der Waals surface area contributed by atoms with Gasteiger partial charge in [-0.05, 0) is 91.3 Å². The molecule has 0 spiro atoms. The van der Waals surface area contributed by atoms with E-state index < -0.39 is 0 Å². The molecule has 2 nitrogen and oxygen atoms in total. The second kappa shape index (κ2) is 10.2. The van der Waals surface area contributed by atoms with E-state index in [4.69, 9.17) is 4.74 Å². The quantitative estimate of drug-likeness (QED) is 0.330. The number of esters is 1. The van der Waals surface area contributed by atoms with E-state index in [1.54, 1.807) is 12.5 Å². The molecule has 4 aliphatic rings. The van der Waals surface area contributed by atoms with Crippen LogP contribution in [0.25, 0.3) is 0 Å². The summed E-state index contributed by atoms with van der Waals surface area (Å²) in [5.41, 5.74) is 2.53. The molecule has 4 aliphatic carbocycles. The van der Waals surface area contributed by atoms with Gasteiger partial charge in [0.05, 0.1) is 0 Å². The van der Waals surface area contributed by atoms with Crippen molar-refractivity contribution in [2.75, 3.05) is 0 Å². The topological polar surface area (TPSA) is 26.3 Å². The van der Waals surface area contributed by atoms with Crippen LogP contribution in [0.4, 0.5) is 0 Å².